The Kier molecular flexibility index (Phi) is 14.1. The van der Waals surface area contributed by atoms with Crippen molar-refractivity contribution in [2.24, 2.45) is 5.92 Å². The molecule has 1 heterocycles. The van der Waals surface area contributed by atoms with Crippen molar-refractivity contribution in [3.8, 4) is 11.4 Å². The Hall–Kier alpha value is -3.15. The summed E-state index contributed by atoms with van der Waals surface area (Å²) in [6, 6.07) is 14.6. The second kappa shape index (κ2) is 17.7. The van der Waals surface area contributed by atoms with Gasteiger partial charge in [-0.25, -0.2) is 4.98 Å². The molecule has 0 aliphatic rings. The van der Waals surface area contributed by atoms with E-state index in [1.807, 2.05) is 53.4 Å². The number of carbonyl (C=O) groups is 1. The number of hydrogen-bond donors (Lipinski definition) is 0. The number of benzene rings is 2. The molecular formula is C36H53N3O3. The smallest absolute Gasteiger partial charge is 0.266 e. The van der Waals surface area contributed by atoms with E-state index in [1.165, 1.54) is 57.8 Å². The first-order chi connectivity index (χ1) is 20.4. The average Bonchev–Trinajstić information content (AvgIpc) is 2.99. The molecule has 0 fully saturated rings. The van der Waals surface area contributed by atoms with Gasteiger partial charge >= 0.3 is 0 Å². The molecule has 1 atom stereocenters. The SMILES string of the molecule is CCCCCCCCCCCCCC(=O)N(CC(C)C)C(CC)c1nc2ccccc2c(=O)n1-c1ccc(OC)cc1. The monoisotopic (exact) mass is 575 g/mol. The fourth-order valence-electron chi connectivity index (χ4n) is 5.78. The number of rotatable bonds is 19. The average molecular weight is 576 g/mol. The van der Waals surface area contributed by atoms with Gasteiger partial charge in [0, 0.05) is 13.0 Å². The lowest BCUT2D eigenvalue weighted by atomic mass is 10.0. The Morgan fingerprint density at radius 3 is 2.02 bits per heavy atom. The zero-order valence-electron chi connectivity index (χ0n) is 26.7. The minimum Gasteiger partial charge on any atom is -0.497 e. The molecule has 42 heavy (non-hydrogen) atoms. The molecule has 1 unspecified atom stereocenters. The van der Waals surface area contributed by atoms with Crippen LogP contribution in [0.1, 0.15) is 123 Å². The van der Waals surface area contributed by atoms with Crippen molar-refractivity contribution in [1.29, 1.82) is 0 Å². The molecule has 0 saturated heterocycles. The summed E-state index contributed by atoms with van der Waals surface area (Å²) < 4.78 is 7.05. The molecule has 1 aromatic heterocycles. The summed E-state index contributed by atoms with van der Waals surface area (Å²) in [6.45, 7) is 9.24. The van der Waals surface area contributed by atoms with Crippen molar-refractivity contribution in [2.45, 2.75) is 117 Å². The summed E-state index contributed by atoms with van der Waals surface area (Å²) in [5.74, 6) is 1.77. The maximum Gasteiger partial charge on any atom is 0.266 e. The lowest BCUT2D eigenvalue weighted by Gasteiger charge is -2.33. The quantitative estimate of drug-likeness (QED) is 0.134. The highest BCUT2D eigenvalue weighted by Gasteiger charge is 2.29. The van der Waals surface area contributed by atoms with Crippen LogP contribution < -0.4 is 10.3 Å². The maximum atomic E-state index is 13.9. The predicted octanol–water partition coefficient (Wildman–Crippen LogP) is 9.03. The fraction of sp³-hybridized carbons (Fsp3) is 0.583. The lowest BCUT2D eigenvalue weighted by Crippen LogP contribution is -2.40. The van der Waals surface area contributed by atoms with Gasteiger partial charge in [-0.2, -0.15) is 0 Å². The van der Waals surface area contributed by atoms with E-state index < -0.39 is 0 Å². The Labute approximate surface area is 253 Å². The van der Waals surface area contributed by atoms with E-state index in [0.29, 0.717) is 42.0 Å². The zero-order chi connectivity index (χ0) is 30.3. The molecule has 0 bridgehead atoms. The Morgan fingerprint density at radius 1 is 0.857 bits per heavy atom. The first-order valence-electron chi connectivity index (χ1n) is 16.4. The van der Waals surface area contributed by atoms with Crippen molar-refractivity contribution in [1.82, 2.24) is 14.5 Å². The number of fused-ring (bicyclic) bond motifs is 1. The Bertz CT molecular complexity index is 1280. The van der Waals surface area contributed by atoms with E-state index in [2.05, 4.69) is 27.7 Å². The molecule has 3 rings (SSSR count). The molecule has 0 spiro atoms. The van der Waals surface area contributed by atoms with E-state index in [1.54, 1.807) is 11.7 Å². The highest BCUT2D eigenvalue weighted by molar-refractivity contribution is 5.79. The van der Waals surface area contributed by atoms with Gasteiger partial charge in [-0.15, -0.1) is 0 Å². The van der Waals surface area contributed by atoms with Gasteiger partial charge in [0.25, 0.3) is 5.56 Å². The summed E-state index contributed by atoms with van der Waals surface area (Å²) in [4.78, 5) is 34.7. The van der Waals surface area contributed by atoms with Gasteiger partial charge in [0.05, 0.1) is 29.7 Å². The van der Waals surface area contributed by atoms with Gasteiger partial charge in [0.2, 0.25) is 5.91 Å². The molecular weight excluding hydrogens is 522 g/mol. The maximum absolute atomic E-state index is 13.9. The van der Waals surface area contributed by atoms with Crippen LogP contribution in [-0.4, -0.2) is 34.0 Å². The number of hydrogen-bond acceptors (Lipinski definition) is 4. The van der Waals surface area contributed by atoms with E-state index in [4.69, 9.17) is 9.72 Å². The normalized spacial score (nSPS) is 12.1. The van der Waals surface area contributed by atoms with E-state index in [-0.39, 0.29) is 17.5 Å². The first-order valence-corrected chi connectivity index (χ1v) is 16.4. The lowest BCUT2D eigenvalue weighted by molar-refractivity contribution is -0.134. The van der Waals surface area contributed by atoms with Gasteiger partial charge < -0.3 is 9.64 Å². The van der Waals surface area contributed by atoms with Crippen LogP contribution in [0, 0.1) is 5.92 Å². The second-order valence-corrected chi connectivity index (χ2v) is 12.0. The summed E-state index contributed by atoms with van der Waals surface area (Å²) in [6.07, 6.45) is 15.0. The van der Waals surface area contributed by atoms with E-state index in [0.717, 1.165) is 24.3 Å². The molecule has 2 aromatic carbocycles. The van der Waals surface area contributed by atoms with Gasteiger partial charge in [0.1, 0.15) is 11.6 Å². The third kappa shape index (κ3) is 9.43. The Morgan fingerprint density at radius 2 is 1.45 bits per heavy atom. The van der Waals surface area contributed by atoms with Gasteiger partial charge in [-0.1, -0.05) is 104 Å². The Balaban J connectivity index is 1.78. The topological polar surface area (TPSA) is 64.4 Å². The van der Waals surface area contributed by atoms with Crippen LogP contribution in [0.25, 0.3) is 16.6 Å². The highest BCUT2D eigenvalue weighted by Crippen LogP contribution is 2.28. The van der Waals surface area contributed by atoms with Crippen LogP contribution in [0.5, 0.6) is 5.75 Å². The summed E-state index contributed by atoms with van der Waals surface area (Å²) >= 11 is 0. The highest BCUT2D eigenvalue weighted by atomic mass is 16.5. The van der Waals surface area contributed by atoms with Crippen LogP contribution in [0.15, 0.2) is 53.3 Å². The number of amides is 1. The molecule has 0 radical (unpaired) electrons. The number of unbranched alkanes of at least 4 members (excludes halogenated alkanes) is 10. The fourth-order valence-corrected chi connectivity index (χ4v) is 5.78. The summed E-state index contributed by atoms with van der Waals surface area (Å²) in [5, 5.41) is 0.564. The van der Waals surface area contributed by atoms with Crippen molar-refractivity contribution < 1.29 is 9.53 Å². The molecule has 0 aliphatic carbocycles. The summed E-state index contributed by atoms with van der Waals surface area (Å²) in [7, 11) is 1.63. The van der Waals surface area contributed by atoms with Crippen LogP contribution in [0.2, 0.25) is 0 Å². The van der Waals surface area contributed by atoms with Crippen molar-refractivity contribution in [2.75, 3.05) is 13.7 Å². The second-order valence-electron chi connectivity index (χ2n) is 12.0. The predicted molar refractivity (Wildman–Crippen MR) is 175 cm³/mol. The molecule has 230 valence electrons. The number of ether oxygens (including phenoxy) is 1. The molecule has 0 aliphatic heterocycles. The van der Waals surface area contributed by atoms with Crippen LogP contribution >= 0.6 is 0 Å². The van der Waals surface area contributed by atoms with Gasteiger partial charge in [0.15, 0.2) is 0 Å². The van der Waals surface area contributed by atoms with Gasteiger partial charge in [-0.05, 0) is 55.2 Å². The van der Waals surface area contributed by atoms with Crippen LogP contribution in [-0.2, 0) is 4.79 Å². The van der Waals surface area contributed by atoms with Crippen molar-refractivity contribution in [3.63, 3.8) is 0 Å². The number of para-hydroxylation sites is 1. The number of carbonyl (C=O) groups excluding carboxylic acids is 1. The largest absolute Gasteiger partial charge is 0.497 e. The number of methoxy groups -OCH3 is 1. The standard InChI is InChI=1S/C36H53N3O3/c1-6-8-9-10-11-12-13-14-15-16-17-22-34(40)38(27-28(3)4)33(7-2)35-37-32-21-19-18-20-31(32)36(41)39(35)29-23-25-30(42-5)26-24-29/h18-21,23-26,28,33H,6-17,22,27H2,1-5H3. The minimum absolute atomic E-state index is 0.124. The first kappa shape index (κ1) is 33.4. The number of aromatic nitrogens is 2. The zero-order valence-corrected chi connectivity index (χ0v) is 26.7. The molecule has 6 nitrogen and oxygen atoms in total. The summed E-state index contributed by atoms with van der Waals surface area (Å²) in [5.41, 5.74) is 1.25. The molecule has 6 heteroatoms. The molecule has 0 N–H and O–H groups in total. The minimum atomic E-state index is -0.313. The van der Waals surface area contributed by atoms with Crippen molar-refractivity contribution in [3.05, 3.63) is 64.7 Å². The number of nitrogens with zero attached hydrogens (tertiary/aromatic N) is 3. The molecule has 3 aromatic rings. The van der Waals surface area contributed by atoms with Crippen LogP contribution in [0.3, 0.4) is 0 Å². The van der Waals surface area contributed by atoms with Gasteiger partial charge in [-0.3, -0.25) is 14.2 Å². The molecule has 1 amide bonds. The third-order valence-corrected chi connectivity index (χ3v) is 8.07. The van der Waals surface area contributed by atoms with Crippen molar-refractivity contribution >= 4 is 16.8 Å². The van der Waals surface area contributed by atoms with E-state index >= 15 is 0 Å². The van der Waals surface area contributed by atoms with Crippen LogP contribution in [0.4, 0.5) is 0 Å². The molecule has 0 saturated carbocycles. The third-order valence-electron chi connectivity index (χ3n) is 8.07. The van der Waals surface area contributed by atoms with E-state index in [9.17, 15) is 9.59 Å².